The highest BCUT2D eigenvalue weighted by atomic mass is 32.2. The molecule has 1 amide bonds. The van der Waals surface area contributed by atoms with Crippen LogP contribution in [-0.2, 0) is 14.8 Å². The van der Waals surface area contributed by atoms with E-state index >= 15 is 0 Å². The minimum atomic E-state index is -3.57. The van der Waals surface area contributed by atoms with Crippen LogP contribution in [0.3, 0.4) is 0 Å². The van der Waals surface area contributed by atoms with E-state index < -0.39 is 10.0 Å². The minimum Gasteiger partial charge on any atom is -0.383 e. The van der Waals surface area contributed by atoms with Gasteiger partial charge in [0.05, 0.1) is 12.3 Å². The normalized spacial score (nSPS) is 12.6. The summed E-state index contributed by atoms with van der Waals surface area (Å²) in [6.07, 6.45) is 0. The van der Waals surface area contributed by atoms with E-state index in [1.807, 2.05) is 6.92 Å². The summed E-state index contributed by atoms with van der Waals surface area (Å²) in [6.45, 7) is 2.27. The predicted molar refractivity (Wildman–Crippen MR) is 95.2 cm³/mol. The third-order valence-corrected chi connectivity index (χ3v) is 6.56. The zero-order valence-electron chi connectivity index (χ0n) is 13.7. The summed E-state index contributed by atoms with van der Waals surface area (Å²) < 4.78 is 31.4. The van der Waals surface area contributed by atoms with Crippen molar-refractivity contribution in [2.24, 2.45) is 0 Å². The molecule has 1 N–H and O–H groups in total. The summed E-state index contributed by atoms with van der Waals surface area (Å²) in [4.78, 5) is 12.1. The average Bonchev–Trinajstić information content (AvgIpc) is 3.09. The Bertz CT molecular complexity index is 771. The fourth-order valence-corrected chi connectivity index (χ4v) is 4.46. The number of anilines is 1. The van der Waals surface area contributed by atoms with E-state index in [4.69, 9.17) is 4.74 Å². The summed E-state index contributed by atoms with van der Waals surface area (Å²) in [5.74, 6) is -0.227. The van der Waals surface area contributed by atoms with E-state index in [-0.39, 0.29) is 16.2 Å². The first-order valence-electron chi connectivity index (χ1n) is 7.28. The molecule has 0 fully saturated rings. The number of rotatable bonds is 7. The molecule has 0 saturated carbocycles. The molecule has 1 aromatic heterocycles. The molecule has 1 aromatic carbocycles. The lowest BCUT2D eigenvalue weighted by Crippen LogP contribution is -2.35. The highest BCUT2D eigenvalue weighted by Gasteiger charge is 2.22. The summed E-state index contributed by atoms with van der Waals surface area (Å²) >= 11 is 1.17. The van der Waals surface area contributed by atoms with E-state index in [9.17, 15) is 13.2 Å². The van der Waals surface area contributed by atoms with Gasteiger partial charge in [-0.05, 0) is 42.6 Å². The van der Waals surface area contributed by atoms with Crippen molar-refractivity contribution in [1.29, 1.82) is 0 Å². The van der Waals surface area contributed by atoms with Crippen LogP contribution in [0.25, 0.3) is 0 Å². The standard InChI is InChI=1S/C16H20N2O4S2/c1-12(11-22-3)17-16(19)13-6-8-14(9-7-13)18(2)24(20,21)15-5-4-10-23-15/h4-10,12H,11H2,1-3H3,(H,17,19). The molecule has 2 aromatic rings. The molecule has 0 radical (unpaired) electrons. The van der Waals surface area contributed by atoms with Crippen molar-refractivity contribution >= 4 is 33.0 Å². The number of ether oxygens (including phenoxy) is 1. The second-order valence-corrected chi connectivity index (χ2v) is 8.43. The van der Waals surface area contributed by atoms with Gasteiger partial charge in [0.2, 0.25) is 0 Å². The number of sulfonamides is 1. The first kappa shape index (κ1) is 18.4. The van der Waals surface area contributed by atoms with Gasteiger partial charge in [0.1, 0.15) is 4.21 Å². The van der Waals surface area contributed by atoms with Crippen LogP contribution in [-0.4, -0.2) is 41.1 Å². The second-order valence-electron chi connectivity index (χ2n) is 5.28. The number of hydrogen-bond acceptors (Lipinski definition) is 5. The maximum Gasteiger partial charge on any atom is 0.273 e. The molecule has 0 aliphatic heterocycles. The van der Waals surface area contributed by atoms with Crippen molar-refractivity contribution in [2.45, 2.75) is 17.2 Å². The Balaban J connectivity index is 2.13. The van der Waals surface area contributed by atoms with Crippen LogP contribution in [0.15, 0.2) is 46.0 Å². The van der Waals surface area contributed by atoms with Gasteiger partial charge in [-0.2, -0.15) is 0 Å². The maximum absolute atomic E-state index is 12.5. The summed E-state index contributed by atoms with van der Waals surface area (Å²) in [6, 6.07) is 9.58. The third-order valence-electron chi connectivity index (χ3n) is 3.40. The van der Waals surface area contributed by atoms with Gasteiger partial charge >= 0.3 is 0 Å². The second kappa shape index (κ2) is 7.78. The summed E-state index contributed by atoms with van der Waals surface area (Å²) in [7, 11) is -0.512. The first-order valence-corrected chi connectivity index (χ1v) is 9.60. The van der Waals surface area contributed by atoms with E-state index in [0.717, 1.165) is 0 Å². The Labute approximate surface area is 146 Å². The van der Waals surface area contributed by atoms with E-state index in [2.05, 4.69) is 5.32 Å². The monoisotopic (exact) mass is 368 g/mol. The molecule has 2 rings (SSSR count). The van der Waals surface area contributed by atoms with Crippen LogP contribution >= 0.6 is 11.3 Å². The van der Waals surface area contributed by atoms with Crippen molar-refractivity contribution in [3.63, 3.8) is 0 Å². The Hall–Kier alpha value is -1.90. The Morgan fingerprint density at radius 3 is 2.50 bits per heavy atom. The lowest BCUT2D eigenvalue weighted by atomic mass is 10.2. The number of methoxy groups -OCH3 is 1. The number of nitrogens with zero attached hydrogens (tertiary/aromatic N) is 1. The molecule has 24 heavy (non-hydrogen) atoms. The van der Waals surface area contributed by atoms with Crippen LogP contribution in [0, 0.1) is 0 Å². The van der Waals surface area contributed by atoms with E-state index in [1.54, 1.807) is 48.9 Å². The van der Waals surface area contributed by atoms with Gasteiger partial charge in [0.15, 0.2) is 0 Å². The van der Waals surface area contributed by atoms with Crippen LogP contribution in [0.2, 0.25) is 0 Å². The van der Waals surface area contributed by atoms with Crippen molar-refractivity contribution in [1.82, 2.24) is 5.32 Å². The quantitative estimate of drug-likeness (QED) is 0.814. The van der Waals surface area contributed by atoms with Crippen LogP contribution in [0.4, 0.5) is 5.69 Å². The zero-order chi connectivity index (χ0) is 17.7. The van der Waals surface area contributed by atoms with E-state index in [1.165, 1.54) is 22.7 Å². The molecule has 0 aliphatic rings. The topological polar surface area (TPSA) is 75.7 Å². The number of benzene rings is 1. The van der Waals surface area contributed by atoms with Crippen molar-refractivity contribution < 1.29 is 17.9 Å². The fraction of sp³-hybridized carbons (Fsp3) is 0.312. The first-order chi connectivity index (χ1) is 11.4. The molecule has 0 aliphatic carbocycles. The number of nitrogens with one attached hydrogen (secondary N) is 1. The van der Waals surface area contributed by atoms with Gasteiger partial charge in [-0.15, -0.1) is 11.3 Å². The molecule has 130 valence electrons. The van der Waals surface area contributed by atoms with Crippen LogP contribution in [0.1, 0.15) is 17.3 Å². The average molecular weight is 368 g/mol. The molecule has 1 unspecified atom stereocenters. The highest BCUT2D eigenvalue weighted by Crippen LogP contribution is 2.25. The largest absolute Gasteiger partial charge is 0.383 e. The van der Waals surface area contributed by atoms with Gasteiger partial charge in [-0.1, -0.05) is 6.07 Å². The number of amides is 1. The lowest BCUT2D eigenvalue weighted by molar-refractivity contribution is 0.0905. The van der Waals surface area contributed by atoms with Gasteiger partial charge < -0.3 is 10.1 Å². The number of thiophene rings is 1. The van der Waals surface area contributed by atoms with Crippen molar-refractivity contribution in [2.75, 3.05) is 25.1 Å². The molecule has 6 nitrogen and oxygen atoms in total. The maximum atomic E-state index is 12.5. The lowest BCUT2D eigenvalue weighted by Gasteiger charge is -2.19. The molecular weight excluding hydrogens is 348 g/mol. The van der Waals surface area contributed by atoms with Gasteiger partial charge in [-0.3, -0.25) is 9.10 Å². The molecule has 1 heterocycles. The zero-order valence-corrected chi connectivity index (χ0v) is 15.4. The van der Waals surface area contributed by atoms with Crippen LogP contribution in [0.5, 0.6) is 0 Å². The minimum absolute atomic E-state index is 0.107. The number of hydrogen-bond donors (Lipinski definition) is 1. The molecule has 0 bridgehead atoms. The smallest absolute Gasteiger partial charge is 0.273 e. The summed E-state index contributed by atoms with van der Waals surface area (Å²) in [5.41, 5.74) is 0.952. The molecule has 8 heteroatoms. The van der Waals surface area contributed by atoms with Gasteiger partial charge in [0, 0.05) is 25.8 Å². The van der Waals surface area contributed by atoms with Gasteiger partial charge in [-0.25, -0.2) is 8.42 Å². The SMILES string of the molecule is COCC(C)NC(=O)c1ccc(N(C)S(=O)(=O)c2cccs2)cc1. The number of carbonyl (C=O) groups excluding carboxylic acids is 1. The third kappa shape index (κ3) is 4.14. The summed E-state index contributed by atoms with van der Waals surface area (Å²) in [5, 5.41) is 4.52. The number of carbonyl (C=O) groups is 1. The van der Waals surface area contributed by atoms with E-state index in [0.29, 0.717) is 17.9 Å². The molecule has 0 spiro atoms. The molecule has 0 saturated heterocycles. The Kier molecular flexibility index (Phi) is 5.98. The van der Waals surface area contributed by atoms with Crippen molar-refractivity contribution in [3.8, 4) is 0 Å². The molecular formula is C16H20N2O4S2. The Morgan fingerprint density at radius 2 is 1.96 bits per heavy atom. The predicted octanol–water partition coefficient (Wildman–Crippen LogP) is 2.34. The highest BCUT2D eigenvalue weighted by molar-refractivity contribution is 7.94. The fourth-order valence-electron chi connectivity index (χ4n) is 2.11. The van der Waals surface area contributed by atoms with Gasteiger partial charge in [0.25, 0.3) is 15.9 Å². The Morgan fingerprint density at radius 1 is 1.29 bits per heavy atom. The van der Waals surface area contributed by atoms with Crippen LogP contribution < -0.4 is 9.62 Å². The van der Waals surface area contributed by atoms with Crippen molar-refractivity contribution in [3.05, 3.63) is 47.3 Å². The molecule has 1 atom stereocenters.